The SMILES string of the molecule is CCCS(=O)(=O)N1c2cc(C(=O)C(c3ccccc3)C(C)(C)C(O[SiH2]C)O[SiH2]C)ccc2NC1Cl. The number of carbonyl (C=O) groups excluding carboxylic acids is 1. The molecule has 1 aliphatic heterocycles. The highest BCUT2D eigenvalue weighted by Crippen LogP contribution is 2.44. The molecule has 1 N–H and O–H groups in total. The van der Waals surface area contributed by atoms with E-state index in [0.717, 1.165) is 5.56 Å². The summed E-state index contributed by atoms with van der Waals surface area (Å²) in [6, 6.07) is 14.7. The van der Waals surface area contributed by atoms with Crippen molar-refractivity contribution in [3.8, 4) is 0 Å². The van der Waals surface area contributed by atoms with Crippen molar-refractivity contribution in [2.75, 3.05) is 15.4 Å². The van der Waals surface area contributed by atoms with Crippen LogP contribution in [0.5, 0.6) is 0 Å². The van der Waals surface area contributed by atoms with Crippen LogP contribution in [0.4, 0.5) is 11.4 Å². The summed E-state index contributed by atoms with van der Waals surface area (Å²) in [4.78, 5) is 14.2. The van der Waals surface area contributed by atoms with E-state index < -0.39 is 52.8 Å². The Morgan fingerprint density at radius 3 is 2.34 bits per heavy atom. The van der Waals surface area contributed by atoms with E-state index in [-0.39, 0.29) is 11.5 Å². The third-order valence-corrected chi connectivity index (χ3v) is 9.77. The molecule has 11 heteroatoms. The van der Waals surface area contributed by atoms with Crippen LogP contribution in [0.1, 0.15) is 49.0 Å². The van der Waals surface area contributed by atoms with E-state index >= 15 is 0 Å². The Bertz CT molecular complexity index is 1130. The van der Waals surface area contributed by atoms with Crippen molar-refractivity contribution in [3.05, 3.63) is 59.7 Å². The van der Waals surface area contributed by atoms with E-state index in [0.29, 0.717) is 23.4 Å². The number of anilines is 2. The van der Waals surface area contributed by atoms with E-state index in [1.54, 1.807) is 25.1 Å². The second-order valence-corrected chi connectivity index (χ2v) is 13.3. The highest BCUT2D eigenvalue weighted by molar-refractivity contribution is 7.92. The number of benzene rings is 2. The molecule has 2 aromatic rings. The number of hydrogen-bond donors (Lipinski definition) is 1. The number of halogens is 1. The Labute approximate surface area is 218 Å². The molecule has 0 saturated heterocycles. The summed E-state index contributed by atoms with van der Waals surface area (Å²) < 4.78 is 39.2. The number of alkyl halides is 1. The van der Waals surface area contributed by atoms with Crippen LogP contribution in [0.2, 0.25) is 13.1 Å². The van der Waals surface area contributed by atoms with Crippen molar-refractivity contribution < 1.29 is 22.1 Å². The lowest BCUT2D eigenvalue weighted by Crippen LogP contribution is -2.43. The minimum Gasteiger partial charge on any atom is -0.400 e. The van der Waals surface area contributed by atoms with Crippen molar-refractivity contribution in [1.29, 1.82) is 0 Å². The molecule has 3 rings (SSSR count). The first kappa shape index (κ1) is 27.9. The predicted molar refractivity (Wildman–Crippen MR) is 148 cm³/mol. The number of nitrogens with one attached hydrogen (secondary N) is 1. The topological polar surface area (TPSA) is 84.9 Å². The summed E-state index contributed by atoms with van der Waals surface area (Å²) in [6.45, 7) is 9.90. The molecule has 0 spiro atoms. The molecule has 0 aromatic heterocycles. The van der Waals surface area contributed by atoms with Gasteiger partial charge in [-0.1, -0.05) is 75.8 Å². The zero-order valence-electron chi connectivity index (χ0n) is 21.0. The van der Waals surface area contributed by atoms with Gasteiger partial charge in [-0.3, -0.25) is 4.79 Å². The van der Waals surface area contributed by atoms with E-state index in [9.17, 15) is 13.2 Å². The first-order chi connectivity index (χ1) is 16.6. The number of fused-ring (bicyclic) bond motifs is 1. The van der Waals surface area contributed by atoms with Gasteiger partial charge in [-0.15, -0.1) is 0 Å². The van der Waals surface area contributed by atoms with Crippen LogP contribution in [0.3, 0.4) is 0 Å². The fourth-order valence-corrected chi connectivity index (χ4v) is 8.53. The number of nitrogens with zero attached hydrogens (tertiary/aromatic N) is 1. The summed E-state index contributed by atoms with van der Waals surface area (Å²) in [5.74, 6) is -0.717. The van der Waals surface area contributed by atoms with E-state index in [1.807, 2.05) is 57.3 Å². The number of ketones is 1. The van der Waals surface area contributed by atoms with Crippen LogP contribution in [0.25, 0.3) is 0 Å². The maximum absolute atomic E-state index is 14.2. The zero-order valence-corrected chi connectivity index (χ0v) is 25.4. The average Bonchev–Trinajstić information content (AvgIpc) is 3.15. The van der Waals surface area contributed by atoms with E-state index in [4.69, 9.17) is 20.5 Å². The third kappa shape index (κ3) is 5.83. The molecule has 1 aliphatic rings. The van der Waals surface area contributed by atoms with E-state index in [1.165, 1.54) is 4.31 Å². The Morgan fingerprint density at radius 1 is 1.14 bits per heavy atom. The molecule has 1 heterocycles. The highest BCUT2D eigenvalue weighted by atomic mass is 35.5. The van der Waals surface area contributed by atoms with Crippen LogP contribution in [0, 0.1) is 5.41 Å². The van der Waals surface area contributed by atoms with Gasteiger partial charge in [-0.25, -0.2) is 12.7 Å². The van der Waals surface area contributed by atoms with Crippen molar-refractivity contribution in [1.82, 2.24) is 0 Å². The van der Waals surface area contributed by atoms with Gasteiger partial charge >= 0.3 is 0 Å². The number of sulfonamides is 1. The minimum absolute atomic E-state index is 0.0344. The number of carbonyl (C=O) groups is 1. The third-order valence-electron chi connectivity index (χ3n) is 6.14. The summed E-state index contributed by atoms with van der Waals surface area (Å²) >= 11 is 6.36. The second-order valence-electron chi connectivity index (χ2n) is 9.10. The van der Waals surface area contributed by atoms with Gasteiger partial charge in [0.1, 0.15) is 6.29 Å². The second kappa shape index (κ2) is 11.6. The van der Waals surface area contributed by atoms with Crippen LogP contribution in [0.15, 0.2) is 48.5 Å². The lowest BCUT2D eigenvalue weighted by molar-refractivity contribution is -0.0856. The monoisotopic (exact) mass is 554 g/mol. The number of rotatable bonds is 12. The summed E-state index contributed by atoms with van der Waals surface area (Å²) in [7, 11) is -5.22. The summed E-state index contributed by atoms with van der Waals surface area (Å²) in [6.07, 6.45) is -0.0291. The van der Waals surface area contributed by atoms with Crippen LogP contribution in [-0.2, 0) is 18.9 Å². The Balaban J connectivity index is 2.09. The van der Waals surface area contributed by atoms with Gasteiger partial charge in [-0.2, -0.15) is 0 Å². The molecular formula is C24H35ClN2O5SSi2. The molecular weight excluding hydrogens is 520 g/mol. The first-order valence-corrected chi connectivity index (χ1v) is 18.0. The van der Waals surface area contributed by atoms with Gasteiger partial charge in [0.2, 0.25) is 10.0 Å². The highest BCUT2D eigenvalue weighted by Gasteiger charge is 2.44. The molecule has 0 radical (unpaired) electrons. The Morgan fingerprint density at radius 2 is 1.77 bits per heavy atom. The minimum atomic E-state index is -3.65. The van der Waals surface area contributed by atoms with Gasteiger partial charge in [0.15, 0.2) is 30.9 Å². The molecule has 2 unspecified atom stereocenters. The molecule has 0 fully saturated rings. The van der Waals surface area contributed by atoms with Crippen molar-refractivity contribution in [2.45, 2.75) is 58.1 Å². The molecule has 2 aromatic carbocycles. The number of hydrogen-bond acceptors (Lipinski definition) is 6. The largest absolute Gasteiger partial charge is 0.400 e. The van der Waals surface area contributed by atoms with Gasteiger partial charge < -0.3 is 14.2 Å². The van der Waals surface area contributed by atoms with Crippen LogP contribution in [-0.4, -0.2) is 51.4 Å². The summed E-state index contributed by atoms with van der Waals surface area (Å²) in [5, 5.41) is 2.99. The standard InChI is InChI=1S/C24H35ClN2O5SSi2/c1-6-14-33(29,30)27-19-15-17(12-13-18(19)26-23(27)25)21(28)20(16-10-8-7-9-11-16)24(2,3)22(31-34-4)32-35-5/h7-13,15,20,22-23,26H,6,14,34-35H2,1-5H3. The van der Waals surface area contributed by atoms with Gasteiger partial charge in [0, 0.05) is 11.0 Å². The predicted octanol–water partition coefficient (Wildman–Crippen LogP) is 3.80. The van der Waals surface area contributed by atoms with Crippen LogP contribution >= 0.6 is 11.6 Å². The molecule has 35 heavy (non-hydrogen) atoms. The van der Waals surface area contributed by atoms with Crippen LogP contribution < -0.4 is 9.62 Å². The van der Waals surface area contributed by atoms with Gasteiger partial charge in [-0.05, 0) is 30.2 Å². The fraction of sp³-hybridized carbons (Fsp3) is 0.458. The smallest absolute Gasteiger partial charge is 0.237 e. The summed E-state index contributed by atoms with van der Waals surface area (Å²) in [5.41, 5.74) is 0.638. The van der Waals surface area contributed by atoms with Gasteiger partial charge in [0.25, 0.3) is 0 Å². The lowest BCUT2D eigenvalue weighted by Gasteiger charge is -2.40. The van der Waals surface area contributed by atoms with Crippen molar-refractivity contribution >= 4 is 58.3 Å². The molecule has 0 bridgehead atoms. The lowest BCUT2D eigenvalue weighted by atomic mass is 9.70. The Hall–Kier alpha value is -1.70. The van der Waals surface area contributed by atoms with Crippen molar-refractivity contribution in [3.63, 3.8) is 0 Å². The average molecular weight is 555 g/mol. The van der Waals surface area contributed by atoms with Gasteiger partial charge in [0.05, 0.1) is 23.0 Å². The zero-order chi connectivity index (χ0) is 25.8. The molecule has 192 valence electrons. The molecule has 0 aliphatic carbocycles. The molecule has 0 amide bonds. The Kier molecular flexibility index (Phi) is 9.22. The fourth-order valence-electron chi connectivity index (χ4n) is 4.59. The maximum Gasteiger partial charge on any atom is 0.237 e. The van der Waals surface area contributed by atoms with E-state index in [2.05, 4.69) is 5.32 Å². The normalized spacial score (nSPS) is 18.2. The quantitative estimate of drug-likeness (QED) is 0.141. The maximum atomic E-state index is 14.2. The molecule has 2 atom stereocenters. The van der Waals surface area contributed by atoms with Crippen molar-refractivity contribution in [2.24, 2.45) is 5.41 Å². The number of Topliss-reactive ketones (excluding diaryl/α,β-unsaturated/α-hetero) is 1. The molecule has 7 nitrogen and oxygen atoms in total. The molecule has 0 saturated carbocycles. The first-order valence-electron chi connectivity index (χ1n) is 12.0.